The van der Waals surface area contributed by atoms with Crippen LogP contribution in [0.4, 0.5) is 17.2 Å². The summed E-state index contributed by atoms with van der Waals surface area (Å²) in [6.45, 7) is 4.16. The van der Waals surface area contributed by atoms with Crippen LogP contribution in [-0.4, -0.2) is 9.91 Å². The molecule has 19 heavy (non-hydrogen) atoms. The van der Waals surface area contributed by atoms with E-state index in [9.17, 15) is 10.1 Å². The lowest BCUT2D eigenvalue weighted by atomic mass is 9.97. The van der Waals surface area contributed by atoms with Crippen molar-refractivity contribution in [3.05, 3.63) is 33.9 Å². The number of hydrogen-bond acceptors (Lipinski definition) is 5. The Labute approximate surface area is 110 Å². The van der Waals surface area contributed by atoms with Gasteiger partial charge in [-0.2, -0.15) is 0 Å². The fourth-order valence-corrected chi connectivity index (χ4v) is 2.23. The van der Waals surface area contributed by atoms with Gasteiger partial charge < -0.3 is 11.5 Å². The van der Waals surface area contributed by atoms with E-state index in [0.717, 1.165) is 12.0 Å². The lowest BCUT2D eigenvalue weighted by Crippen LogP contribution is -2.06. The topological polar surface area (TPSA) is 108 Å². The molecule has 0 aliphatic heterocycles. The molecule has 0 atom stereocenters. The second-order valence-electron chi connectivity index (χ2n) is 4.93. The van der Waals surface area contributed by atoms with Gasteiger partial charge in [-0.3, -0.25) is 10.1 Å². The van der Waals surface area contributed by atoms with Crippen molar-refractivity contribution in [2.45, 2.75) is 20.3 Å². The summed E-state index contributed by atoms with van der Waals surface area (Å²) in [7, 11) is 0. The maximum Gasteiger partial charge on any atom is 0.334 e. The molecule has 1 aromatic carbocycles. The molecular weight excluding hydrogens is 244 g/mol. The molecule has 0 aliphatic carbocycles. The summed E-state index contributed by atoms with van der Waals surface area (Å²) in [5.41, 5.74) is 12.9. The highest BCUT2D eigenvalue weighted by molar-refractivity contribution is 6.00. The van der Waals surface area contributed by atoms with E-state index < -0.39 is 4.92 Å². The van der Waals surface area contributed by atoms with Crippen LogP contribution in [0.2, 0.25) is 0 Å². The van der Waals surface area contributed by atoms with Crippen molar-refractivity contribution in [3.8, 4) is 0 Å². The highest BCUT2D eigenvalue weighted by Gasteiger charge is 2.22. The van der Waals surface area contributed by atoms with Crippen LogP contribution < -0.4 is 11.5 Å². The molecule has 4 N–H and O–H groups in total. The fourth-order valence-electron chi connectivity index (χ4n) is 2.23. The first kappa shape index (κ1) is 13.1. The van der Waals surface area contributed by atoms with Gasteiger partial charge in [-0.25, -0.2) is 4.98 Å². The zero-order valence-electron chi connectivity index (χ0n) is 10.9. The number of nitrogens with zero attached hydrogens (tertiary/aromatic N) is 2. The van der Waals surface area contributed by atoms with Gasteiger partial charge >= 0.3 is 5.69 Å². The summed E-state index contributed by atoms with van der Waals surface area (Å²) in [4.78, 5) is 14.5. The van der Waals surface area contributed by atoms with Gasteiger partial charge in [0.2, 0.25) is 5.82 Å². The number of benzene rings is 1. The Balaban J connectivity index is 2.80. The smallest absolute Gasteiger partial charge is 0.334 e. The maximum absolute atomic E-state index is 11.0. The van der Waals surface area contributed by atoms with Crippen molar-refractivity contribution in [1.82, 2.24) is 4.98 Å². The third-order valence-electron chi connectivity index (χ3n) is 2.95. The van der Waals surface area contributed by atoms with Crippen LogP contribution >= 0.6 is 0 Å². The molecule has 0 fully saturated rings. The van der Waals surface area contributed by atoms with Crippen LogP contribution in [0, 0.1) is 16.0 Å². The fraction of sp³-hybridized carbons (Fsp3) is 0.308. The summed E-state index contributed by atoms with van der Waals surface area (Å²) in [5, 5.41) is 11.7. The highest BCUT2D eigenvalue weighted by Crippen LogP contribution is 2.36. The number of aromatic nitrogens is 1. The third-order valence-corrected chi connectivity index (χ3v) is 2.95. The molecule has 1 heterocycles. The molecule has 0 saturated heterocycles. The van der Waals surface area contributed by atoms with Gasteiger partial charge in [0.25, 0.3) is 0 Å². The van der Waals surface area contributed by atoms with Crippen LogP contribution in [-0.2, 0) is 6.42 Å². The number of nitrogen functional groups attached to an aromatic ring is 2. The van der Waals surface area contributed by atoms with E-state index in [-0.39, 0.29) is 17.2 Å². The zero-order valence-corrected chi connectivity index (χ0v) is 10.9. The van der Waals surface area contributed by atoms with Gasteiger partial charge in [-0.15, -0.1) is 0 Å². The maximum atomic E-state index is 11.0. The Morgan fingerprint density at radius 3 is 2.63 bits per heavy atom. The van der Waals surface area contributed by atoms with E-state index in [4.69, 9.17) is 11.5 Å². The van der Waals surface area contributed by atoms with Crippen LogP contribution in [0.25, 0.3) is 10.9 Å². The SMILES string of the molecule is CC(C)Cc1cccc2nc(N)c([N+](=O)[O-])c(N)c12. The number of nitrogens with two attached hydrogens (primary N) is 2. The summed E-state index contributed by atoms with van der Waals surface area (Å²) in [5.74, 6) is 0.276. The number of pyridine rings is 1. The minimum Gasteiger partial charge on any atom is -0.392 e. The van der Waals surface area contributed by atoms with E-state index in [0.29, 0.717) is 16.8 Å². The van der Waals surface area contributed by atoms with Crippen molar-refractivity contribution < 1.29 is 4.92 Å². The predicted molar refractivity (Wildman–Crippen MR) is 75.8 cm³/mol. The molecule has 0 bridgehead atoms. The monoisotopic (exact) mass is 260 g/mol. The first-order valence-electron chi connectivity index (χ1n) is 6.02. The lowest BCUT2D eigenvalue weighted by Gasteiger charge is -2.11. The van der Waals surface area contributed by atoms with Crippen LogP contribution in [0.5, 0.6) is 0 Å². The average Bonchev–Trinajstić information content (AvgIpc) is 2.26. The average molecular weight is 260 g/mol. The van der Waals surface area contributed by atoms with Crippen molar-refractivity contribution in [1.29, 1.82) is 0 Å². The van der Waals surface area contributed by atoms with Gasteiger partial charge in [-0.05, 0) is 24.0 Å². The predicted octanol–water partition coefficient (Wildman–Crippen LogP) is 2.51. The van der Waals surface area contributed by atoms with Crippen molar-refractivity contribution in [3.63, 3.8) is 0 Å². The molecule has 0 amide bonds. The van der Waals surface area contributed by atoms with E-state index in [1.165, 1.54) is 0 Å². The molecule has 0 radical (unpaired) electrons. The molecule has 0 saturated carbocycles. The normalized spacial score (nSPS) is 11.1. The summed E-state index contributed by atoms with van der Waals surface area (Å²) >= 11 is 0. The van der Waals surface area contributed by atoms with E-state index in [1.807, 2.05) is 12.1 Å². The third kappa shape index (κ3) is 2.29. The van der Waals surface area contributed by atoms with Crippen molar-refractivity contribution >= 4 is 28.1 Å². The minimum absolute atomic E-state index is 0.101. The van der Waals surface area contributed by atoms with Crippen LogP contribution in [0.1, 0.15) is 19.4 Å². The zero-order chi connectivity index (χ0) is 14.2. The minimum atomic E-state index is -0.580. The Morgan fingerprint density at radius 2 is 2.05 bits per heavy atom. The summed E-state index contributed by atoms with van der Waals surface area (Å²) in [6, 6.07) is 5.54. The largest absolute Gasteiger partial charge is 0.392 e. The van der Waals surface area contributed by atoms with Gasteiger partial charge in [0.1, 0.15) is 5.69 Å². The molecule has 6 nitrogen and oxygen atoms in total. The molecule has 6 heteroatoms. The van der Waals surface area contributed by atoms with Crippen LogP contribution in [0.15, 0.2) is 18.2 Å². The van der Waals surface area contributed by atoms with Crippen molar-refractivity contribution in [2.75, 3.05) is 11.5 Å². The molecule has 0 aliphatic rings. The number of rotatable bonds is 3. The standard InChI is InChI=1S/C13H16N4O2/c1-7(2)6-8-4-3-5-9-10(8)11(14)12(17(18)19)13(15)16-9/h3-5,7H,6H2,1-2H3,(H4,14,15,16). The Kier molecular flexibility index (Phi) is 3.25. The Hall–Kier alpha value is -2.37. The quantitative estimate of drug-likeness (QED) is 0.651. The summed E-state index contributed by atoms with van der Waals surface area (Å²) in [6.07, 6.45) is 0.782. The van der Waals surface area contributed by atoms with Gasteiger partial charge in [-0.1, -0.05) is 26.0 Å². The van der Waals surface area contributed by atoms with Gasteiger partial charge in [0, 0.05) is 5.39 Å². The molecule has 0 spiro atoms. The van der Waals surface area contributed by atoms with Crippen molar-refractivity contribution in [2.24, 2.45) is 5.92 Å². The van der Waals surface area contributed by atoms with Gasteiger partial charge in [0.05, 0.1) is 10.4 Å². The Bertz CT molecular complexity index is 653. The highest BCUT2D eigenvalue weighted by atomic mass is 16.6. The molecule has 100 valence electrons. The summed E-state index contributed by atoms with van der Waals surface area (Å²) < 4.78 is 0. The van der Waals surface area contributed by atoms with Gasteiger partial charge in [0.15, 0.2) is 0 Å². The molecule has 2 rings (SSSR count). The second kappa shape index (κ2) is 4.72. The second-order valence-corrected chi connectivity index (χ2v) is 4.93. The number of hydrogen-bond donors (Lipinski definition) is 2. The molecule has 0 unspecified atom stereocenters. The number of nitro groups is 1. The lowest BCUT2D eigenvalue weighted by molar-refractivity contribution is -0.383. The molecule has 1 aromatic heterocycles. The number of fused-ring (bicyclic) bond motifs is 1. The van der Waals surface area contributed by atoms with E-state index in [1.54, 1.807) is 6.07 Å². The Morgan fingerprint density at radius 1 is 1.37 bits per heavy atom. The first-order valence-corrected chi connectivity index (χ1v) is 6.02. The molecular formula is C13H16N4O2. The first-order chi connectivity index (χ1) is 8.91. The van der Waals surface area contributed by atoms with E-state index in [2.05, 4.69) is 18.8 Å². The van der Waals surface area contributed by atoms with Crippen LogP contribution in [0.3, 0.4) is 0 Å². The molecule has 2 aromatic rings. The number of anilines is 2. The van der Waals surface area contributed by atoms with E-state index >= 15 is 0 Å².